The fourth-order valence-corrected chi connectivity index (χ4v) is 10.9. The highest BCUT2D eigenvalue weighted by Crippen LogP contribution is 2.45. The van der Waals surface area contributed by atoms with E-state index in [4.69, 9.17) is 14.2 Å². The van der Waals surface area contributed by atoms with E-state index in [9.17, 15) is 16.8 Å². The van der Waals surface area contributed by atoms with Gasteiger partial charge >= 0.3 is 0 Å². The number of ether oxygens (including phenoxy) is 3. The van der Waals surface area contributed by atoms with Crippen LogP contribution < -0.4 is 34.6 Å². The van der Waals surface area contributed by atoms with Gasteiger partial charge in [0.15, 0.2) is 23.0 Å². The van der Waals surface area contributed by atoms with Crippen molar-refractivity contribution in [1.82, 2.24) is 18.6 Å². The Morgan fingerprint density at radius 1 is 0.564 bits per heavy atom. The zero-order chi connectivity index (χ0) is 38.5. The molecule has 13 nitrogen and oxygen atoms in total. The molecule has 0 spiro atoms. The monoisotopic (exact) mass is 784 g/mol. The Bertz CT molecular complexity index is 2460. The Morgan fingerprint density at radius 3 is 1.35 bits per heavy atom. The largest absolute Gasteiger partial charge is 0.492 e. The van der Waals surface area contributed by atoms with E-state index in [0.29, 0.717) is 22.2 Å². The summed E-state index contributed by atoms with van der Waals surface area (Å²) in [7, 11) is -5.69. The van der Waals surface area contributed by atoms with E-state index in [-0.39, 0.29) is 32.8 Å². The second kappa shape index (κ2) is 14.5. The van der Waals surface area contributed by atoms with E-state index in [1.165, 1.54) is 22.2 Å². The number of nitrogens with zero attached hydrogens (tertiary/aromatic N) is 4. The van der Waals surface area contributed by atoms with Crippen molar-refractivity contribution in [2.45, 2.75) is 23.6 Å². The first-order valence-corrected chi connectivity index (χ1v) is 21.1. The smallest absolute Gasteiger partial charge is 0.272 e. The van der Waals surface area contributed by atoms with Crippen LogP contribution in [0.15, 0.2) is 95.0 Å². The maximum absolute atomic E-state index is 14.6. The molecule has 0 unspecified atom stereocenters. The molecule has 0 bridgehead atoms. The number of fused-ring (bicyclic) bond motifs is 2. The van der Waals surface area contributed by atoms with E-state index in [1.807, 2.05) is 36.4 Å². The van der Waals surface area contributed by atoms with Gasteiger partial charge in [0.1, 0.15) is 9.79 Å². The zero-order valence-electron chi connectivity index (χ0n) is 31.2. The summed E-state index contributed by atoms with van der Waals surface area (Å²) in [5, 5.41) is 8.37. The maximum Gasteiger partial charge on any atom is 0.272 e. The predicted octanol–water partition coefficient (Wildman–Crippen LogP) is 5.32. The molecule has 0 aliphatic carbocycles. The summed E-state index contributed by atoms with van der Waals surface area (Å²) in [6, 6.07) is 21.4. The van der Waals surface area contributed by atoms with Gasteiger partial charge in [-0.1, -0.05) is 12.1 Å². The molecule has 0 radical (unpaired) electrons. The van der Waals surface area contributed by atoms with Gasteiger partial charge in [-0.05, 0) is 85.6 Å². The number of rotatable bonds is 10. The van der Waals surface area contributed by atoms with E-state index in [2.05, 4.69) is 20.4 Å². The predicted molar refractivity (Wildman–Crippen MR) is 215 cm³/mol. The number of anilines is 2. The highest BCUT2D eigenvalue weighted by Gasteiger charge is 2.31. The summed E-state index contributed by atoms with van der Waals surface area (Å²) in [6.45, 7) is 10.2. The molecule has 0 saturated carbocycles. The molecule has 55 heavy (non-hydrogen) atoms. The molecule has 2 fully saturated rings. The summed E-state index contributed by atoms with van der Waals surface area (Å²) in [5.41, 5.74) is 4.19. The summed E-state index contributed by atoms with van der Waals surface area (Å²) in [5.74, 6) is 0.0998. The minimum atomic E-state index is -4.22. The second-order valence-electron chi connectivity index (χ2n) is 13.8. The lowest BCUT2D eigenvalue weighted by atomic mass is 10.2. The van der Waals surface area contributed by atoms with Crippen molar-refractivity contribution in [3.63, 3.8) is 0 Å². The molecule has 6 aromatic rings. The summed E-state index contributed by atoms with van der Waals surface area (Å²) >= 11 is 0. The van der Waals surface area contributed by atoms with Crippen molar-refractivity contribution in [1.29, 1.82) is 0 Å². The number of methoxy groups -OCH3 is 2. The molecular formula is C40H44N6O7S2. The van der Waals surface area contributed by atoms with Gasteiger partial charge in [0.25, 0.3) is 20.0 Å². The number of piperazine rings is 2. The first kappa shape index (κ1) is 36.7. The zero-order valence-corrected chi connectivity index (χ0v) is 32.8. The summed E-state index contributed by atoms with van der Waals surface area (Å²) < 4.78 is 78.7. The Hall–Kier alpha value is -5.22. The van der Waals surface area contributed by atoms with Crippen LogP contribution in [0.1, 0.15) is 11.1 Å². The van der Waals surface area contributed by atoms with Crippen LogP contribution in [0.2, 0.25) is 0 Å². The Balaban J connectivity index is 1.19. The minimum absolute atomic E-state index is 0.0319. The molecule has 8 rings (SSSR count). The lowest BCUT2D eigenvalue weighted by Gasteiger charge is -2.30. The van der Waals surface area contributed by atoms with Crippen LogP contribution in [0.25, 0.3) is 21.8 Å². The number of nitrogens with one attached hydrogen (secondary N) is 2. The van der Waals surface area contributed by atoms with Crippen LogP contribution in [-0.2, 0) is 20.0 Å². The summed E-state index contributed by atoms with van der Waals surface area (Å²) in [4.78, 5) is 4.30. The van der Waals surface area contributed by atoms with E-state index >= 15 is 0 Å². The van der Waals surface area contributed by atoms with Crippen molar-refractivity contribution in [3.8, 4) is 23.0 Å². The van der Waals surface area contributed by atoms with E-state index < -0.39 is 20.0 Å². The Labute approximate surface area is 321 Å². The number of benzene rings is 4. The van der Waals surface area contributed by atoms with Crippen molar-refractivity contribution in [2.24, 2.45) is 0 Å². The van der Waals surface area contributed by atoms with Crippen LogP contribution in [-0.4, -0.2) is 91.4 Å². The molecular weight excluding hydrogens is 741 g/mol. The van der Waals surface area contributed by atoms with Gasteiger partial charge < -0.3 is 34.6 Å². The molecule has 0 amide bonds. The molecule has 2 N–H and O–H groups in total. The van der Waals surface area contributed by atoms with Gasteiger partial charge in [-0.25, -0.2) is 24.8 Å². The minimum Gasteiger partial charge on any atom is -0.492 e. The van der Waals surface area contributed by atoms with Gasteiger partial charge in [-0.3, -0.25) is 0 Å². The topological polar surface area (TPSA) is 136 Å². The number of hydrogen-bond acceptors (Lipinski definition) is 11. The molecule has 2 aliphatic rings. The average molecular weight is 785 g/mol. The van der Waals surface area contributed by atoms with Crippen LogP contribution in [0.3, 0.4) is 0 Å². The maximum atomic E-state index is 14.6. The second-order valence-corrected chi connectivity index (χ2v) is 17.4. The normalized spacial score (nSPS) is 15.5. The molecule has 2 aliphatic heterocycles. The van der Waals surface area contributed by atoms with Gasteiger partial charge in [0.05, 0.1) is 25.3 Å². The van der Waals surface area contributed by atoms with Crippen LogP contribution in [0, 0.1) is 13.8 Å². The first-order chi connectivity index (χ1) is 26.5. The SMILES string of the molecule is COc1c(Oc2cc(C)cc(S(=O)(=O)n3ccc4c(N5CCNCC5)cccc43)c2OC)cc(C)cc1S(=O)(=O)n1ccc2c(N3CCNCC3)cccc21. The molecule has 288 valence electrons. The van der Waals surface area contributed by atoms with Crippen molar-refractivity contribution < 1.29 is 31.0 Å². The lowest BCUT2D eigenvalue weighted by Crippen LogP contribution is -2.43. The molecule has 2 saturated heterocycles. The van der Waals surface area contributed by atoms with Gasteiger partial charge in [-0.2, -0.15) is 0 Å². The third-order valence-corrected chi connectivity index (χ3v) is 13.7. The molecule has 2 aromatic heterocycles. The highest BCUT2D eigenvalue weighted by molar-refractivity contribution is 7.90. The van der Waals surface area contributed by atoms with Crippen molar-refractivity contribution in [3.05, 3.63) is 96.3 Å². The number of hydrogen-bond donors (Lipinski definition) is 2. The van der Waals surface area contributed by atoms with E-state index in [0.717, 1.165) is 74.5 Å². The third-order valence-electron chi connectivity index (χ3n) is 10.3. The third kappa shape index (κ3) is 6.44. The van der Waals surface area contributed by atoms with Gasteiger partial charge in [-0.15, -0.1) is 0 Å². The fraction of sp³-hybridized carbons (Fsp3) is 0.300. The molecule has 4 heterocycles. The van der Waals surface area contributed by atoms with Crippen molar-refractivity contribution >= 4 is 53.2 Å². The van der Waals surface area contributed by atoms with Gasteiger partial charge in [0.2, 0.25) is 0 Å². The average Bonchev–Trinajstić information content (AvgIpc) is 3.84. The highest BCUT2D eigenvalue weighted by atomic mass is 32.2. The summed E-state index contributed by atoms with van der Waals surface area (Å²) in [6.07, 6.45) is 3.12. The van der Waals surface area contributed by atoms with Crippen molar-refractivity contribution in [2.75, 3.05) is 76.4 Å². The lowest BCUT2D eigenvalue weighted by molar-refractivity contribution is 0.345. The van der Waals surface area contributed by atoms with Crippen LogP contribution in [0.5, 0.6) is 23.0 Å². The number of aryl methyl sites for hydroxylation is 2. The first-order valence-electron chi connectivity index (χ1n) is 18.2. The number of aromatic nitrogens is 2. The van der Waals surface area contributed by atoms with Crippen LogP contribution >= 0.6 is 0 Å². The molecule has 0 atom stereocenters. The fourth-order valence-electron chi connectivity index (χ4n) is 7.72. The molecule has 4 aromatic carbocycles. The van der Waals surface area contributed by atoms with Gasteiger partial charge in [0, 0.05) is 86.9 Å². The Kier molecular flexibility index (Phi) is 9.65. The molecule has 15 heteroatoms. The van der Waals surface area contributed by atoms with E-state index in [1.54, 1.807) is 62.6 Å². The van der Waals surface area contributed by atoms with Crippen LogP contribution in [0.4, 0.5) is 11.4 Å². The quantitative estimate of drug-likeness (QED) is 0.187. The Morgan fingerprint density at radius 2 is 0.964 bits per heavy atom. The standard InChI is InChI=1S/C40H44N6O7S2/c1-27-23-35(39(51-3)37(25-27)54(47,48)45-17-11-29-31(7-5-9-33(29)45)43-19-13-41-14-20-43)53-36-24-28(2)26-38(40(36)52-4)55(49,50)46-18-12-30-32(8-6-10-34(30)46)44-21-15-42-16-22-44/h5-12,17-18,23-26,41-42H,13-16,19-22H2,1-4H3.